The minimum Gasteiger partial charge on any atom is -0.377 e. The normalized spacial score (nSPS) is 17.1. The zero-order chi connectivity index (χ0) is 31.6. The molecule has 2 amide bonds. The fraction of sp³-hybridized carbons (Fsp3) is 0.414. The maximum Gasteiger partial charge on any atom is 0.416 e. The second-order valence-corrected chi connectivity index (χ2v) is 10.8. The van der Waals surface area contributed by atoms with Gasteiger partial charge in [0, 0.05) is 19.1 Å². The van der Waals surface area contributed by atoms with Crippen molar-refractivity contribution >= 4 is 46.1 Å². The van der Waals surface area contributed by atoms with Crippen molar-refractivity contribution < 1.29 is 27.5 Å². The van der Waals surface area contributed by atoms with Gasteiger partial charge in [0.2, 0.25) is 17.6 Å². The minimum atomic E-state index is -4.59. The average molecular weight is 634 g/mol. The van der Waals surface area contributed by atoms with Crippen molar-refractivity contribution in [3.63, 3.8) is 0 Å². The molecule has 1 aromatic carbocycles. The number of rotatable bonds is 9. The Morgan fingerprint density at radius 1 is 1.30 bits per heavy atom. The Morgan fingerprint density at radius 3 is 2.75 bits per heavy atom. The summed E-state index contributed by atoms with van der Waals surface area (Å²) < 4.78 is 47.5. The topological polar surface area (TPSA) is 123 Å². The molecule has 234 valence electrons. The second kappa shape index (κ2) is 12.8. The van der Waals surface area contributed by atoms with E-state index in [1.54, 1.807) is 4.57 Å². The van der Waals surface area contributed by atoms with Gasteiger partial charge in [-0.25, -0.2) is 0 Å². The van der Waals surface area contributed by atoms with Crippen LogP contribution >= 0.6 is 11.6 Å². The van der Waals surface area contributed by atoms with Gasteiger partial charge in [-0.15, -0.1) is 5.10 Å². The van der Waals surface area contributed by atoms with Crippen LogP contribution < -0.4 is 21.1 Å². The van der Waals surface area contributed by atoms with Crippen molar-refractivity contribution in [2.45, 2.75) is 51.4 Å². The molecular weight excluding hydrogens is 603 g/mol. The van der Waals surface area contributed by atoms with Crippen molar-refractivity contribution in [2.24, 2.45) is 0 Å². The van der Waals surface area contributed by atoms with Gasteiger partial charge in [0.15, 0.2) is 5.82 Å². The Labute approximate surface area is 255 Å². The number of carbonyl (C=O) groups excluding carboxylic acids is 2. The number of hydrogen-bond donors (Lipinski definition) is 2. The van der Waals surface area contributed by atoms with Gasteiger partial charge in [-0.1, -0.05) is 31.2 Å². The molecule has 11 nitrogen and oxygen atoms in total. The first-order valence-electron chi connectivity index (χ1n) is 14.1. The molecule has 1 atom stereocenters. The number of carbonyl (C=O) groups is 2. The lowest BCUT2D eigenvalue weighted by molar-refractivity contribution is -0.137. The van der Waals surface area contributed by atoms with Crippen molar-refractivity contribution in [3.05, 3.63) is 69.4 Å². The molecule has 3 aromatic rings. The molecule has 4 heterocycles. The van der Waals surface area contributed by atoms with Gasteiger partial charge >= 0.3 is 6.18 Å². The highest BCUT2D eigenvalue weighted by atomic mass is 35.5. The quantitative estimate of drug-likeness (QED) is 0.343. The zero-order valence-electron chi connectivity index (χ0n) is 23.9. The molecule has 2 N–H and O–H groups in total. The summed E-state index contributed by atoms with van der Waals surface area (Å²) in [7, 11) is 0. The van der Waals surface area contributed by atoms with Gasteiger partial charge in [-0.2, -0.15) is 22.7 Å². The van der Waals surface area contributed by atoms with Gasteiger partial charge in [-0.05, 0) is 55.5 Å². The fourth-order valence-corrected chi connectivity index (χ4v) is 5.75. The summed E-state index contributed by atoms with van der Waals surface area (Å²) >= 11 is 6.09. The first-order valence-corrected chi connectivity index (χ1v) is 14.5. The van der Waals surface area contributed by atoms with Crippen molar-refractivity contribution in [1.29, 1.82) is 0 Å². The first kappa shape index (κ1) is 31.3. The summed E-state index contributed by atoms with van der Waals surface area (Å²) in [5, 5.41) is 9.64. The molecule has 0 bridgehead atoms. The lowest BCUT2D eigenvalue weighted by Gasteiger charge is -2.29. The molecule has 2 aromatic heterocycles. The van der Waals surface area contributed by atoms with Crippen LogP contribution in [-0.4, -0.2) is 63.3 Å². The van der Waals surface area contributed by atoms with E-state index >= 15 is 0 Å². The van der Waals surface area contributed by atoms with Crippen LogP contribution in [0.5, 0.6) is 0 Å². The highest BCUT2D eigenvalue weighted by Gasteiger charge is 2.33. The SMILES string of the molecule is C=CC(=O)NCC1CCCN1c1c(CC)n(CC(=O)Nc2ccc(C(F)(F)F)cc2Cl)c2nc(C3=CCOCC3)nn2c1=O. The number of benzene rings is 1. The number of halogens is 4. The fourth-order valence-electron chi connectivity index (χ4n) is 5.53. The highest BCUT2D eigenvalue weighted by molar-refractivity contribution is 6.33. The van der Waals surface area contributed by atoms with Crippen molar-refractivity contribution in [3.8, 4) is 0 Å². The van der Waals surface area contributed by atoms with Crippen LogP contribution in [0.3, 0.4) is 0 Å². The Balaban J connectivity index is 1.57. The van der Waals surface area contributed by atoms with Crippen LogP contribution in [0.4, 0.5) is 24.5 Å². The monoisotopic (exact) mass is 633 g/mol. The molecule has 1 unspecified atom stereocenters. The number of amides is 2. The molecule has 44 heavy (non-hydrogen) atoms. The van der Waals surface area contributed by atoms with Crippen LogP contribution in [0.1, 0.15) is 43.3 Å². The Hall–Kier alpha value is -4.17. The summed E-state index contributed by atoms with van der Waals surface area (Å²) in [5.74, 6) is -0.447. The summed E-state index contributed by atoms with van der Waals surface area (Å²) in [6.45, 7) is 6.68. The standard InChI is InChI=1S/C29H31ClF3N7O4/c1-3-22-25(38-11-5-6-19(38)15-34-23(41)4-2)27(43)40-28(36-26(37-40)17-9-12-44-13-10-17)39(22)16-24(42)35-21-8-7-18(14-20(21)30)29(31,32)33/h4,7-9,14,19H,2-3,5-6,10-13,15-16H2,1H3,(H,34,41)(H,35,42). The van der Waals surface area contributed by atoms with Gasteiger partial charge in [0.05, 0.1) is 35.2 Å². The Bertz CT molecular complexity index is 1700. The number of ether oxygens (including phenoxy) is 1. The number of nitrogens with one attached hydrogen (secondary N) is 2. The minimum absolute atomic E-state index is 0.00656. The first-order chi connectivity index (χ1) is 21.0. The third kappa shape index (κ3) is 6.36. The number of fused-ring (bicyclic) bond motifs is 1. The molecule has 1 saturated heterocycles. The van der Waals surface area contributed by atoms with Gasteiger partial charge < -0.3 is 24.8 Å². The van der Waals surface area contributed by atoms with E-state index < -0.39 is 23.2 Å². The van der Waals surface area contributed by atoms with E-state index in [2.05, 4.69) is 27.3 Å². The van der Waals surface area contributed by atoms with Gasteiger partial charge in [0.1, 0.15) is 12.2 Å². The number of nitrogens with zero attached hydrogens (tertiary/aromatic N) is 5. The van der Waals surface area contributed by atoms with Crippen LogP contribution in [0, 0.1) is 0 Å². The van der Waals surface area contributed by atoms with E-state index in [0.717, 1.165) is 36.6 Å². The van der Waals surface area contributed by atoms with Crippen molar-refractivity contribution in [1.82, 2.24) is 24.5 Å². The van der Waals surface area contributed by atoms with E-state index in [9.17, 15) is 27.6 Å². The molecule has 0 aliphatic carbocycles. The van der Waals surface area contributed by atoms with E-state index in [-0.39, 0.29) is 41.5 Å². The Morgan fingerprint density at radius 2 is 2.09 bits per heavy atom. The predicted octanol–water partition coefficient (Wildman–Crippen LogP) is 3.84. The summed E-state index contributed by atoms with van der Waals surface area (Å²) in [6.07, 6.45) is 0.816. The molecule has 2 aliphatic rings. The van der Waals surface area contributed by atoms with Crippen LogP contribution in [0.15, 0.2) is 41.7 Å². The van der Waals surface area contributed by atoms with E-state index in [1.807, 2.05) is 17.9 Å². The number of alkyl halides is 3. The summed E-state index contributed by atoms with van der Waals surface area (Å²) in [6, 6.07) is 2.48. The molecule has 1 fully saturated rings. The van der Waals surface area contributed by atoms with Gasteiger partial charge in [0.25, 0.3) is 5.56 Å². The molecule has 2 aliphatic heterocycles. The third-order valence-electron chi connectivity index (χ3n) is 7.64. The molecular formula is C29H31ClF3N7O4. The van der Waals surface area contributed by atoms with E-state index in [1.165, 1.54) is 10.6 Å². The molecule has 5 rings (SSSR count). The van der Waals surface area contributed by atoms with E-state index in [0.29, 0.717) is 49.8 Å². The van der Waals surface area contributed by atoms with Crippen LogP contribution in [0.25, 0.3) is 11.4 Å². The zero-order valence-corrected chi connectivity index (χ0v) is 24.7. The van der Waals surface area contributed by atoms with E-state index in [4.69, 9.17) is 16.3 Å². The van der Waals surface area contributed by atoms with Crippen LogP contribution in [-0.2, 0) is 33.5 Å². The number of aromatic nitrogens is 4. The molecule has 0 spiro atoms. The summed E-state index contributed by atoms with van der Waals surface area (Å²) in [4.78, 5) is 45.9. The molecule has 0 saturated carbocycles. The van der Waals surface area contributed by atoms with Crippen LogP contribution in [0.2, 0.25) is 5.02 Å². The third-order valence-corrected chi connectivity index (χ3v) is 7.96. The summed E-state index contributed by atoms with van der Waals surface area (Å²) in [5.41, 5.74) is 0.326. The second-order valence-electron chi connectivity index (χ2n) is 10.4. The van der Waals surface area contributed by atoms with Crippen molar-refractivity contribution in [2.75, 3.05) is 36.5 Å². The lowest BCUT2D eigenvalue weighted by Crippen LogP contribution is -2.43. The van der Waals surface area contributed by atoms with Gasteiger partial charge in [-0.3, -0.25) is 14.4 Å². The molecule has 0 radical (unpaired) electrons. The average Bonchev–Trinajstić information content (AvgIpc) is 3.66. The number of hydrogen-bond acceptors (Lipinski definition) is 7. The lowest BCUT2D eigenvalue weighted by atomic mass is 10.1. The smallest absolute Gasteiger partial charge is 0.377 e. The number of anilines is 2. The Kier molecular flexibility index (Phi) is 9.11. The maximum absolute atomic E-state index is 14.1. The maximum atomic E-state index is 14.1. The molecule has 15 heteroatoms. The largest absolute Gasteiger partial charge is 0.416 e. The highest BCUT2D eigenvalue weighted by Crippen LogP contribution is 2.34. The predicted molar refractivity (Wildman–Crippen MR) is 159 cm³/mol.